The van der Waals surface area contributed by atoms with Crippen molar-refractivity contribution in [1.29, 1.82) is 5.26 Å². The van der Waals surface area contributed by atoms with Gasteiger partial charge in [-0.25, -0.2) is 4.79 Å². The molecular weight excluding hydrogens is 252 g/mol. The number of unbranched alkanes of at least 4 members (excludes halogenated alkanes) is 1. The fourth-order valence-electron chi connectivity index (χ4n) is 1.56. The Labute approximate surface area is 111 Å². The van der Waals surface area contributed by atoms with Gasteiger partial charge >= 0.3 is 5.97 Å². The van der Waals surface area contributed by atoms with Crippen LogP contribution in [0, 0.1) is 11.3 Å². The molecule has 0 aliphatic rings. The summed E-state index contributed by atoms with van der Waals surface area (Å²) in [5.41, 5.74) is 0.991. The summed E-state index contributed by atoms with van der Waals surface area (Å²) in [6, 6.07) is 6.07. The first kappa shape index (κ1) is 14.3. The molecule has 0 aromatic heterocycles. The third-order valence-electron chi connectivity index (χ3n) is 2.57. The Hall–Kier alpha value is -1.73. The molecular formula is C13H15ClN2O2. The molecule has 1 rings (SSSR count). The number of rotatable bonds is 6. The predicted molar refractivity (Wildman–Crippen MR) is 70.7 cm³/mol. The molecule has 0 saturated carbocycles. The van der Waals surface area contributed by atoms with E-state index in [0.29, 0.717) is 22.7 Å². The standard InChI is InChI=1S/C13H15ClN2O2/c1-2-3-4-12(13(17)18)16-11-6-5-9(8-15)7-10(11)14/h5-7,12,16H,2-4H2,1H3,(H,17,18). The number of aliphatic carboxylic acids is 1. The summed E-state index contributed by atoms with van der Waals surface area (Å²) in [7, 11) is 0. The van der Waals surface area contributed by atoms with Crippen molar-refractivity contribution in [2.75, 3.05) is 5.32 Å². The third-order valence-corrected chi connectivity index (χ3v) is 2.89. The van der Waals surface area contributed by atoms with Crippen molar-refractivity contribution in [3.05, 3.63) is 28.8 Å². The summed E-state index contributed by atoms with van der Waals surface area (Å²) in [4.78, 5) is 11.1. The van der Waals surface area contributed by atoms with Gasteiger partial charge in [0.05, 0.1) is 22.3 Å². The van der Waals surface area contributed by atoms with Crippen LogP contribution < -0.4 is 5.32 Å². The zero-order valence-electron chi connectivity index (χ0n) is 10.1. The summed E-state index contributed by atoms with van der Waals surface area (Å²) < 4.78 is 0. The maximum absolute atomic E-state index is 11.1. The molecule has 0 heterocycles. The molecule has 5 heteroatoms. The molecule has 1 aromatic carbocycles. The summed E-state index contributed by atoms with van der Waals surface area (Å²) in [6.45, 7) is 2.01. The highest BCUT2D eigenvalue weighted by atomic mass is 35.5. The number of benzene rings is 1. The second-order valence-corrected chi connectivity index (χ2v) is 4.39. The summed E-state index contributed by atoms with van der Waals surface area (Å²) >= 11 is 5.98. The molecule has 96 valence electrons. The van der Waals surface area contributed by atoms with Crippen molar-refractivity contribution in [2.45, 2.75) is 32.2 Å². The van der Waals surface area contributed by atoms with Gasteiger partial charge < -0.3 is 10.4 Å². The summed E-state index contributed by atoms with van der Waals surface area (Å²) in [5, 5.41) is 21.1. The van der Waals surface area contributed by atoms with Gasteiger partial charge in [0.25, 0.3) is 0 Å². The van der Waals surface area contributed by atoms with Crippen LogP contribution in [0.15, 0.2) is 18.2 Å². The van der Waals surface area contributed by atoms with Crippen LogP contribution in [0.4, 0.5) is 5.69 Å². The molecule has 18 heavy (non-hydrogen) atoms. The predicted octanol–water partition coefficient (Wildman–Crippen LogP) is 3.27. The molecule has 1 aromatic rings. The van der Waals surface area contributed by atoms with Gasteiger partial charge in [0.15, 0.2) is 0 Å². The highest BCUT2D eigenvalue weighted by molar-refractivity contribution is 6.33. The third kappa shape index (κ3) is 3.94. The topological polar surface area (TPSA) is 73.1 Å². The van der Waals surface area contributed by atoms with Crippen molar-refractivity contribution in [1.82, 2.24) is 0 Å². The maximum atomic E-state index is 11.1. The number of carbonyl (C=O) groups is 1. The average molecular weight is 267 g/mol. The normalized spacial score (nSPS) is 11.6. The molecule has 0 bridgehead atoms. The van der Waals surface area contributed by atoms with Crippen molar-refractivity contribution in [3.8, 4) is 6.07 Å². The van der Waals surface area contributed by atoms with E-state index < -0.39 is 12.0 Å². The van der Waals surface area contributed by atoms with Crippen LogP contribution in [0.5, 0.6) is 0 Å². The second-order valence-electron chi connectivity index (χ2n) is 3.98. The molecule has 1 unspecified atom stereocenters. The zero-order valence-corrected chi connectivity index (χ0v) is 10.9. The Balaban J connectivity index is 2.81. The number of hydrogen-bond acceptors (Lipinski definition) is 3. The number of nitrogens with zero attached hydrogens (tertiary/aromatic N) is 1. The van der Waals surface area contributed by atoms with E-state index in [-0.39, 0.29) is 0 Å². The minimum atomic E-state index is -0.899. The smallest absolute Gasteiger partial charge is 0.326 e. The largest absolute Gasteiger partial charge is 0.480 e. The minimum absolute atomic E-state index is 0.358. The minimum Gasteiger partial charge on any atom is -0.480 e. The molecule has 2 N–H and O–H groups in total. The van der Waals surface area contributed by atoms with Crippen LogP contribution >= 0.6 is 11.6 Å². The average Bonchev–Trinajstić information content (AvgIpc) is 2.35. The monoisotopic (exact) mass is 266 g/mol. The number of halogens is 1. The van der Waals surface area contributed by atoms with Crippen molar-refractivity contribution in [3.63, 3.8) is 0 Å². The number of nitrogens with one attached hydrogen (secondary N) is 1. The van der Waals surface area contributed by atoms with Crippen LogP contribution in [-0.4, -0.2) is 17.1 Å². The lowest BCUT2D eigenvalue weighted by molar-refractivity contribution is -0.138. The van der Waals surface area contributed by atoms with Gasteiger partial charge in [-0.3, -0.25) is 0 Å². The van der Waals surface area contributed by atoms with Gasteiger partial charge in [0.2, 0.25) is 0 Å². The van der Waals surface area contributed by atoms with Crippen LogP contribution in [0.3, 0.4) is 0 Å². The van der Waals surface area contributed by atoms with E-state index in [2.05, 4.69) is 5.32 Å². The molecule has 0 radical (unpaired) electrons. The molecule has 0 aliphatic carbocycles. The zero-order chi connectivity index (χ0) is 13.5. The van der Waals surface area contributed by atoms with Gasteiger partial charge in [-0.1, -0.05) is 31.4 Å². The molecule has 0 amide bonds. The van der Waals surface area contributed by atoms with E-state index in [4.69, 9.17) is 22.0 Å². The van der Waals surface area contributed by atoms with E-state index in [0.717, 1.165) is 12.8 Å². The molecule has 0 spiro atoms. The number of carboxylic acids is 1. The van der Waals surface area contributed by atoms with Crippen LogP contribution in [0.1, 0.15) is 31.7 Å². The highest BCUT2D eigenvalue weighted by Crippen LogP contribution is 2.24. The van der Waals surface area contributed by atoms with Crippen molar-refractivity contribution >= 4 is 23.3 Å². The van der Waals surface area contributed by atoms with Gasteiger partial charge in [-0.05, 0) is 24.6 Å². The molecule has 0 aliphatic heterocycles. The summed E-state index contributed by atoms with van der Waals surface area (Å²) in [6.07, 6.45) is 2.31. The van der Waals surface area contributed by atoms with E-state index in [9.17, 15) is 4.79 Å². The lowest BCUT2D eigenvalue weighted by Crippen LogP contribution is -2.29. The first-order valence-corrected chi connectivity index (χ1v) is 6.15. The van der Waals surface area contributed by atoms with E-state index >= 15 is 0 Å². The van der Waals surface area contributed by atoms with E-state index in [1.54, 1.807) is 12.1 Å². The Morgan fingerprint density at radius 3 is 2.83 bits per heavy atom. The van der Waals surface area contributed by atoms with E-state index in [1.807, 2.05) is 13.0 Å². The van der Waals surface area contributed by atoms with Crippen molar-refractivity contribution in [2.24, 2.45) is 0 Å². The van der Waals surface area contributed by atoms with Crippen molar-refractivity contribution < 1.29 is 9.90 Å². The molecule has 4 nitrogen and oxygen atoms in total. The Morgan fingerprint density at radius 2 is 2.33 bits per heavy atom. The lowest BCUT2D eigenvalue weighted by atomic mass is 10.1. The Bertz CT molecular complexity index is 469. The maximum Gasteiger partial charge on any atom is 0.326 e. The number of nitriles is 1. The second kappa shape index (κ2) is 6.87. The van der Waals surface area contributed by atoms with Crippen LogP contribution in [0.25, 0.3) is 0 Å². The quantitative estimate of drug-likeness (QED) is 0.829. The van der Waals surface area contributed by atoms with Gasteiger partial charge in [0, 0.05) is 0 Å². The number of anilines is 1. The Morgan fingerprint density at radius 1 is 1.61 bits per heavy atom. The van der Waals surface area contributed by atoms with Crippen LogP contribution in [-0.2, 0) is 4.79 Å². The van der Waals surface area contributed by atoms with Gasteiger partial charge in [0.1, 0.15) is 6.04 Å². The van der Waals surface area contributed by atoms with Gasteiger partial charge in [-0.15, -0.1) is 0 Å². The fourth-order valence-corrected chi connectivity index (χ4v) is 1.79. The lowest BCUT2D eigenvalue weighted by Gasteiger charge is -2.16. The molecule has 0 fully saturated rings. The SMILES string of the molecule is CCCCC(Nc1ccc(C#N)cc1Cl)C(=O)O. The van der Waals surface area contributed by atoms with Gasteiger partial charge in [-0.2, -0.15) is 5.26 Å². The first-order valence-electron chi connectivity index (χ1n) is 5.77. The number of hydrogen-bond donors (Lipinski definition) is 2. The Kier molecular flexibility index (Phi) is 5.47. The van der Waals surface area contributed by atoms with E-state index in [1.165, 1.54) is 6.07 Å². The fraction of sp³-hybridized carbons (Fsp3) is 0.385. The number of carboxylic acid groups (broad SMARTS) is 1. The first-order chi connectivity index (χ1) is 8.58. The highest BCUT2D eigenvalue weighted by Gasteiger charge is 2.17. The van der Waals surface area contributed by atoms with Crippen LogP contribution in [0.2, 0.25) is 5.02 Å². The molecule has 0 saturated heterocycles. The molecule has 1 atom stereocenters. The summed E-state index contributed by atoms with van der Waals surface area (Å²) in [5.74, 6) is -0.899.